The van der Waals surface area contributed by atoms with E-state index in [0.29, 0.717) is 23.6 Å². The Morgan fingerprint density at radius 3 is 2.81 bits per heavy atom. The highest BCUT2D eigenvalue weighted by molar-refractivity contribution is 5.99. The second-order valence-electron chi connectivity index (χ2n) is 6.69. The summed E-state index contributed by atoms with van der Waals surface area (Å²) < 4.78 is 1.60. The van der Waals surface area contributed by atoms with E-state index in [1.54, 1.807) is 16.9 Å². The number of benzene rings is 1. The van der Waals surface area contributed by atoms with Gasteiger partial charge < -0.3 is 15.5 Å². The van der Waals surface area contributed by atoms with Crippen molar-refractivity contribution < 1.29 is 4.79 Å². The van der Waals surface area contributed by atoms with Crippen LogP contribution in [0.15, 0.2) is 42.7 Å². The SMILES string of the molecule is CC(C)NC(=O)c1cnn2ccc(NCc3cccc(N(C)C)c3)nc12. The monoisotopic (exact) mass is 352 g/mol. The summed E-state index contributed by atoms with van der Waals surface area (Å²) in [5.74, 6) is 0.533. The molecule has 0 fully saturated rings. The summed E-state index contributed by atoms with van der Waals surface area (Å²) in [5.41, 5.74) is 3.31. The van der Waals surface area contributed by atoms with Crippen molar-refractivity contribution in [2.45, 2.75) is 26.4 Å². The van der Waals surface area contributed by atoms with Crippen LogP contribution in [0.3, 0.4) is 0 Å². The molecule has 3 aromatic rings. The van der Waals surface area contributed by atoms with E-state index in [1.165, 1.54) is 0 Å². The van der Waals surface area contributed by atoms with Crippen molar-refractivity contribution >= 4 is 23.1 Å². The molecule has 7 nitrogen and oxygen atoms in total. The molecule has 3 rings (SSSR count). The molecule has 0 unspecified atom stereocenters. The maximum absolute atomic E-state index is 12.3. The van der Waals surface area contributed by atoms with E-state index in [1.807, 2.05) is 40.1 Å². The molecule has 2 heterocycles. The highest BCUT2D eigenvalue weighted by atomic mass is 16.1. The lowest BCUT2D eigenvalue weighted by Crippen LogP contribution is -2.30. The van der Waals surface area contributed by atoms with E-state index in [4.69, 9.17) is 0 Å². The minimum atomic E-state index is -0.168. The largest absolute Gasteiger partial charge is 0.378 e. The second kappa shape index (κ2) is 7.43. The third-order valence-electron chi connectivity index (χ3n) is 3.93. The molecule has 0 aliphatic rings. The molecule has 2 N–H and O–H groups in total. The lowest BCUT2D eigenvalue weighted by atomic mass is 10.2. The first-order valence-electron chi connectivity index (χ1n) is 8.59. The third-order valence-corrected chi connectivity index (χ3v) is 3.93. The lowest BCUT2D eigenvalue weighted by molar-refractivity contribution is 0.0944. The van der Waals surface area contributed by atoms with E-state index >= 15 is 0 Å². The summed E-state index contributed by atoms with van der Waals surface area (Å²) >= 11 is 0. The highest BCUT2D eigenvalue weighted by Crippen LogP contribution is 2.16. The number of carbonyl (C=O) groups excluding carboxylic acids is 1. The van der Waals surface area contributed by atoms with Gasteiger partial charge in [-0.1, -0.05) is 12.1 Å². The van der Waals surface area contributed by atoms with Crippen molar-refractivity contribution in [1.82, 2.24) is 19.9 Å². The van der Waals surface area contributed by atoms with Crippen LogP contribution in [-0.2, 0) is 6.54 Å². The zero-order chi connectivity index (χ0) is 18.7. The van der Waals surface area contributed by atoms with Crippen LogP contribution in [0.2, 0.25) is 0 Å². The molecule has 0 spiro atoms. The molecular formula is C19H24N6O. The third kappa shape index (κ3) is 3.93. The van der Waals surface area contributed by atoms with Crippen LogP contribution < -0.4 is 15.5 Å². The molecule has 136 valence electrons. The van der Waals surface area contributed by atoms with Crippen molar-refractivity contribution in [2.24, 2.45) is 0 Å². The second-order valence-corrected chi connectivity index (χ2v) is 6.69. The molecule has 26 heavy (non-hydrogen) atoms. The Balaban J connectivity index is 1.78. The maximum Gasteiger partial charge on any atom is 0.256 e. The molecule has 0 saturated heterocycles. The van der Waals surface area contributed by atoms with Gasteiger partial charge in [0.1, 0.15) is 11.4 Å². The van der Waals surface area contributed by atoms with Gasteiger partial charge in [0.15, 0.2) is 5.65 Å². The number of amides is 1. The number of fused-ring (bicyclic) bond motifs is 1. The van der Waals surface area contributed by atoms with Gasteiger partial charge in [-0.3, -0.25) is 4.79 Å². The number of nitrogens with one attached hydrogen (secondary N) is 2. The van der Waals surface area contributed by atoms with E-state index in [2.05, 4.69) is 43.8 Å². The Hall–Kier alpha value is -3.09. The van der Waals surface area contributed by atoms with Gasteiger partial charge in [-0.25, -0.2) is 9.50 Å². The van der Waals surface area contributed by atoms with Crippen LogP contribution >= 0.6 is 0 Å². The molecule has 1 amide bonds. The summed E-state index contributed by atoms with van der Waals surface area (Å²) in [6.45, 7) is 4.49. The Morgan fingerprint density at radius 2 is 2.08 bits per heavy atom. The Bertz CT molecular complexity index is 915. The summed E-state index contributed by atoms with van der Waals surface area (Å²) in [7, 11) is 4.04. The van der Waals surface area contributed by atoms with Gasteiger partial charge in [-0.15, -0.1) is 0 Å². The molecule has 0 aliphatic carbocycles. The predicted octanol–water partition coefficient (Wildman–Crippen LogP) is 2.55. The average molecular weight is 352 g/mol. The van der Waals surface area contributed by atoms with Gasteiger partial charge in [0.2, 0.25) is 0 Å². The van der Waals surface area contributed by atoms with Crippen LogP contribution in [-0.4, -0.2) is 40.6 Å². The van der Waals surface area contributed by atoms with Crippen molar-refractivity contribution in [3.05, 3.63) is 53.9 Å². The normalized spacial score (nSPS) is 11.0. The lowest BCUT2D eigenvalue weighted by Gasteiger charge is -2.14. The summed E-state index contributed by atoms with van der Waals surface area (Å²) in [5, 5.41) is 10.4. The summed E-state index contributed by atoms with van der Waals surface area (Å²) in [4.78, 5) is 18.9. The van der Waals surface area contributed by atoms with E-state index in [0.717, 1.165) is 11.3 Å². The van der Waals surface area contributed by atoms with Crippen molar-refractivity contribution in [2.75, 3.05) is 24.3 Å². The minimum Gasteiger partial charge on any atom is -0.378 e. The maximum atomic E-state index is 12.3. The number of nitrogens with zero attached hydrogens (tertiary/aromatic N) is 4. The number of aromatic nitrogens is 3. The minimum absolute atomic E-state index is 0.0581. The zero-order valence-electron chi connectivity index (χ0n) is 15.5. The number of rotatable bonds is 6. The molecule has 0 bridgehead atoms. The Labute approximate surface area is 153 Å². The van der Waals surface area contributed by atoms with E-state index in [-0.39, 0.29) is 11.9 Å². The van der Waals surface area contributed by atoms with Crippen LogP contribution in [0.4, 0.5) is 11.5 Å². The van der Waals surface area contributed by atoms with Crippen LogP contribution in [0, 0.1) is 0 Å². The smallest absolute Gasteiger partial charge is 0.256 e. The zero-order valence-corrected chi connectivity index (χ0v) is 15.5. The van der Waals surface area contributed by atoms with Crippen molar-refractivity contribution in [1.29, 1.82) is 0 Å². The fourth-order valence-corrected chi connectivity index (χ4v) is 2.60. The first-order chi connectivity index (χ1) is 12.4. The number of hydrogen-bond donors (Lipinski definition) is 2. The van der Waals surface area contributed by atoms with Crippen LogP contribution in [0.5, 0.6) is 0 Å². The van der Waals surface area contributed by atoms with Gasteiger partial charge in [-0.2, -0.15) is 5.10 Å². The molecular weight excluding hydrogens is 328 g/mol. The summed E-state index contributed by atoms with van der Waals surface area (Å²) in [6.07, 6.45) is 3.34. The Morgan fingerprint density at radius 1 is 1.27 bits per heavy atom. The molecule has 0 atom stereocenters. The van der Waals surface area contributed by atoms with Crippen molar-refractivity contribution in [3.8, 4) is 0 Å². The number of carbonyl (C=O) groups is 1. The fourth-order valence-electron chi connectivity index (χ4n) is 2.60. The summed E-state index contributed by atoms with van der Waals surface area (Å²) in [6, 6.07) is 10.2. The van der Waals surface area contributed by atoms with Gasteiger partial charge in [0, 0.05) is 38.6 Å². The van der Waals surface area contributed by atoms with Crippen LogP contribution in [0.1, 0.15) is 29.8 Å². The van der Waals surface area contributed by atoms with Crippen molar-refractivity contribution in [3.63, 3.8) is 0 Å². The highest BCUT2D eigenvalue weighted by Gasteiger charge is 2.15. The molecule has 2 aromatic heterocycles. The van der Waals surface area contributed by atoms with Gasteiger partial charge >= 0.3 is 0 Å². The Kier molecular flexibility index (Phi) is 5.06. The van der Waals surface area contributed by atoms with E-state index in [9.17, 15) is 4.79 Å². The van der Waals surface area contributed by atoms with Gasteiger partial charge in [0.25, 0.3) is 5.91 Å². The number of hydrogen-bond acceptors (Lipinski definition) is 5. The predicted molar refractivity (Wildman–Crippen MR) is 104 cm³/mol. The van der Waals surface area contributed by atoms with Gasteiger partial charge in [0.05, 0.1) is 6.20 Å². The molecule has 0 saturated carbocycles. The first kappa shape index (κ1) is 17.7. The van der Waals surface area contributed by atoms with Gasteiger partial charge in [-0.05, 0) is 37.6 Å². The standard InChI is InChI=1S/C19H24N6O/c1-13(2)22-19(26)16-12-21-25-9-8-17(23-18(16)25)20-11-14-6-5-7-15(10-14)24(3)4/h5-10,12-13H,11H2,1-4H3,(H,20,23)(H,22,26). The number of anilines is 2. The molecule has 0 aliphatic heterocycles. The topological polar surface area (TPSA) is 74.6 Å². The first-order valence-corrected chi connectivity index (χ1v) is 8.59. The molecule has 1 aromatic carbocycles. The molecule has 7 heteroatoms. The average Bonchev–Trinajstić information content (AvgIpc) is 3.03. The fraction of sp³-hybridized carbons (Fsp3) is 0.316. The molecule has 0 radical (unpaired) electrons. The van der Waals surface area contributed by atoms with Crippen LogP contribution in [0.25, 0.3) is 5.65 Å². The van der Waals surface area contributed by atoms with E-state index < -0.39 is 0 Å². The quantitative estimate of drug-likeness (QED) is 0.713.